The van der Waals surface area contributed by atoms with Gasteiger partial charge in [0.05, 0.1) is 11.1 Å². The number of hydrogen-bond donors (Lipinski definition) is 3. The van der Waals surface area contributed by atoms with Gasteiger partial charge in [0.25, 0.3) is 0 Å². The first kappa shape index (κ1) is 17.0. The number of nitrogens with one attached hydrogen (secondary N) is 1. The fourth-order valence-corrected chi connectivity index (χ4v) is 2.01. The zero-order valence-electron chi connectivity index (χ0n) is 12.8. The highest BCUT2D eigenvalue weighted by molar-refractivity contribution is 6.09. The van der Waals surface area contributed by atoms with Crippen LogP contribution in [0.15, 0.2) is 48.5 Å². The summed E-state index contributed by atoms with van der Waals surface area (Å²) in [6.45, 7) is 1.34. The van der Waals surface area contributed by atoms with E-state index in [1.54, 1.807) is 12.1 Å². The Morgan fingerprint density at radius 1 is 1.04 bits per heavy atom. The van der Waals surface area contributed by atoms with Crippen LogP contribution in [0.4, 0.5) is 5.69 Å². The number of phenols is 1. The molecule has 0 atom stereocenters. The second-order valence-electron chi connectivity index (χ2n) is 5.04. The zero-order valence-corrected chi connectivity index (χ0v) is 12.8. The number of anilines is 1. The minimum atomic E-state index is -1.03. The average molecular weight is 325 g/mol. The van der Waals surface area contributed by atoms with E-state index < -0.39 is 11.8 Å². The fraction of sp³-hybridized carbons (Fsp3) is 0.0556. The van der Waals surface area contributed by atoms with Crippen molar-refractivity contribution in [2.24, 2.45) is 0 Å². The topological polar surface area (TPSA) is 104 Å². The Labute approximate surface area is 138 Å². The summed E-state index contributed by atoms with van der Waals surface area (Å²) >= 11 is 0. The van der Waals surface area contributed by atoms with E-state index in [1.165, 1.54) is 49.4 Å². The molecule has 0 aromatic heterocycles. The number of carboxylic acids is 1. The van der Waals surface area contributed by atoms with Crippen molar-refractivity contribution in [2.75, 3.05) is 5.32 Å². The first-order valence-corrected chi connectivity index (χ1v) is 7.03. The van der Waals surface area contributed by atoms with Crippen LogP contribution in [0.2, 0.25) is 0 Å². The van der Waals surface area contributed by atoms with Crippen molar-refractivity contribution in [2.45, 2.75) is 6.92 Å². The normalized spacial score (nSPS) is 10.5. The van der Waals surface area contributed by atoms with Crippen LogP contribution in [0.5, 0.6) is 5.75 Å². The van der Waals surface area contributed by atoms with E-state index in [0.717, 1.165) is 0 Å². The van der Waals surface area contributed by atoms with Gasteiger partial charge in [-0.25, -0.2) is 4.79 Å². The van der Waals surface area contributed by atoms with Crippen LogP contribution < -0.4 is 5.32 Å². The molecule has 6 nitrogen and oxygen atoms in total. The zero-order chi connectivity index (χ0) is 17.7. The van der Waals surface area contributed by atoms with Crippen molar-refractivity contribution in [1.29, 1.82) is 0 Å². The molecule has 0 aliphatic carbocycles. The number of aromatic hydroxyl groups is 1. The number of carbonyl (C=O) groups is 3. The van der Waals surface area contributed by atoms with Crippen LogP contribution in [-0.4, -0.2) is 27.9 Å². The third-order valence-electron chi connectivity index (χ3n) is 3.17. The lowest BCUT2D eigenvalue weighted by Gasteiger charge is -2.06. The third kappa shape index (κ3) is 4.30. The number of hydrogen-bond acceptors (Lipinski definition) is 4. The molecule has 0 fully saturated rings. The van der Waals surface area contributed by atoms with Gasteiger partial charge in [-0.15, -0.1) is 0 Å². The predicted molar refractivity (Wildman–Crippen MR) is 89.2 cm³/mol. The van der Waals surface area contributed by atoms with E-state index >= 15 is 0 Å². The van der Waals surface area contributed by atoms with Crippen LogP contribution in [-0.2, 0) is 4.79 Å². The quantitative estimate of drug-likeness (QED) is 0.445. The van der Waals surface area contributed by atoms with Crippen molar-refractivity contribution in [3.05, 3.63) is 65.2 Å². The third-order valence-corrected chi connectivity index (χ3v) is 3.17. The number of ketones is 1. The molecule has 1 amide bonds. The highest BCUT2D eigenvalue weighted by Gasteiger charge is 2.10. The molecule has 0 unspecified atom stereocenters. The van der Waals surface area contributed by atoms with Crippen LogP contribution in [0.1, 0.15) is 33.2 Å². The van der Waals surface area contributed by atoms with Gasteiger partial charge >= 0.3 is 5.97 Å². The Morgan fingerprint density at radius 2 is 1.71 bits per heavy atom. The molecule has 6 heteroatoms. The summed E-state index contributed by atoms with van der Waals surface area (Å²) in [6.07, 6.45) is 2.78. The minimum Gasteiger partial charge on any atom is -0.507 e. The van der Waals surface area contributed by atoms with Crippen LogP contribution in [0.3, 0.4) is 0 Å². The molecule has 2 aromatic carbocycles. The SMILES string of the molecule is CC(=O)Nc1ccc(O)c(C(=O)C=Cc2ccc(C(=O)O)cc2)c1. The summed E-state index contributed by atoms with van der Waals surface area (Å²) in [4.78, 5) is 34.0. The molecule has 0 spiro atoms. The van der Waals surface area contributed by atoms with Gasteiger partial charge in [-0.2, -0.15) is 0 Å². The molecule has 0 heterocycles. The molecule has 2 aromatic rings. The largest absolute Gasteiger partial charge is 0.507 e. The van der Waals surface area contributed by atoms with E-state index in [0.29, 0.717) is 11.3 Å². The molecule has 0 saturated heterocycles. The van der Waals surface area contributed by atoms with Gasteiger partial charge in [0, 0.05) is 12.6 Å². The van der Waals surface area contributed by atoms with Gasteiger partial charge in [0.15, 0.2) is 5.78 Å². The molecule has 3 N–H and O–H groups in total. The Bertz CT molecular complexity index is 822. The van der Waals surface area contributed by atoms with Crippen LogP contribution in [0.25, 0.3) is 6.08 Å². The van der Waals surface area contributed by atoms with E-state index in [4.69, 9.17) is 5.11 Å². The van der Waals surface area contributed by atoms with Gasteiger partial charge < -0.3 is 15.5 Å². The predicted octanol–water partition coefficient (Wildman–Crippen LogP) is 2.94. The minimum absolute atomic E-state index is 0.0552. The Hall–Kier alpha value is -3.41. The standard InChI is InChI=1S/C18H15NO5/c1-11(20)19-14-7-9-17(22)15(10-14)16(21)8-4-12-2-5-13(6-3-12)18(23)24/h2-10,22H,1H3,(H,19,20)(H,23,24). The van der Waals surface area contributed by atoms with Gasteiger partial charge in [-0.1, -0.05) is 18.2 Å². The molecule has 24 heavy (non-hydrogen) atoms. The number of carboxylic acid groups (broad SMARTS) is 1. The molecular weight excluding hydrogens is 310 g/mol. The maximum absolute atomic E-state index is 12.2. The highest BCUT2D eigenvalue weighted by atomic mass is 16.4. The molecule has 0 aliphatic rings. The summed E-state index contributed by atoms with van der Waals surface area (Å²) in [5.41, 5.74) is 1.26. The molecule has 0 bridgehead atoms. The Kier molecular flexibility index (Phi) is 5.11. The number of aromatic carboxylic acids is 1. The van der Waals surface area contributed by atoms with Crippen LogP contribution >= 0.6 is 0 Å². The number of rotatable bonds is 5. The van der Waals surface area contributed by atoms with E-state index in [2.05, 4.69) is 5.32 Å². The molecule has 0 radical (unpaired) electrons. The second-order valence-corrected chi connectivity index (χ2v) is 5.04. The number of allylic oxidation sites excluding steroid dienone is 1. The number of carbonyl (C=O) groups excluding carboxylic acids is 2. The first-order valence-electron chi connectivity index (χ1n) is 7.03. The molecule has 0 aliphatic heterocycles. The molecular formula is C18H15NO5. The fourth-order valence-electron chi connectivity index (χ4n) is 2.01. The second kappa shape index (κ2) is 7.23. The van der Waals surface area contributed by atoms with Crippen molar-refractivity contribution in [1.82, 2.24) is 0 Å². The molecule has 0 saturated carbocycles. The van der Waals surface area contributed by atoms with Gasteiger partial charge in [-0.05, 0) is 42.0 Å². The van der Waals surface area contributed by atoms with E-state index in [-0.39, 0.29) is 22.8 Å². The highest BCUT2D eigenvalue weighted by Crippen LogP contribution is 2.22. The average Bonchev–Trinajstić information content (AvgIpc) is 2.54. The van der Waals surface area contributed by atoms with Crippen molar-refractivity contribution >= 4 is 29.4 Å². The lowest BCUT2D eigenvalue weighted by molar-refractivity contribution is -0.114. The van der Waals surface area contributed by atoms with E-state index in [9.17, 15) is 19.5 Å². The Morgan fingerprint density at radius 3 is 2.29 bits per heavy atom. The number of benzene rings is 2. The summed E-state index contributed by atoms with van der Waals surface area (Å²) in [6, 6.07) is 10.2. The smallest absolute Gasteiger partial charge is 0.335 e. The number of amides is 1. The summed E-state index contributed by atoms with van der Waals surface area (Å²) in [5, 5.41) is 21.2. The Balaban J connectivity index is 2.19. The summed E-state index contributed by atoms with van der Waals surface area (Å²) in [7, 11) is 0. The van der Waals surface area contributed by atoms with Crippen molar-refractivity contribution in [3.8, 4) is 5.75 Å². The lowest BCUT2D eigenvalue weighted by Crippen LogP contribution is -2.06. The molecule has 122 valence electrons. The van der Waals surface area contributed by atoms with Gasteiger partial charge in [0.1, 0.15) is 5.75 Å². The summed E-state index contributed by atoms with van der Waals surface area (Å²) in [5.74, 6) is -1.95. The van der Waals surface area contributed by atoms with E-state index in [1.807, 2.05) is 0 Å². The lowest BCUT2D eigenvalue weighted by atomic mass is 10.1. The number of phenolic OH excluding ortho intramolecular Hbond substituents is 1. The molecule has 2 rings (SSSR count). The van der Waals surface area contributed by atoms with Crippen molar-refractivity contribution in [3.63, 3.8) is 0 Å². The maximum atomic E-state index is 12.2. The van der Waals surface area contributed by atoms with Gasteiger partial charge in [0.2, 0.25) is 5.91 Å². The van der Waals surface area contributed by atoms with Gasteiger partial charge in [-0.3, -0.25) is 9.59 Å². The first-order chi connectivity index (χ1) is 11.4. The van der Waals surface area contributed by atoms with Crippen molar-refractivity contribution < 1.29 is 24.6 Å². The monoisotopic (exact) mass is 325 g/mol. The summed E-state index contributed by atoms with van der Waals surface area (Å²) < 4.78 is 0. The van der Waals surface area contributed by atoms with Crippen LogP contribution in [0, 0.1) is 0 Å². The maximum Gasteiger partial charge on any atom is 0.335 e.